The molecule has 3 aromatic rings. The summed E-state index contributed by atoms with van der Waals surface area (Å²) in [6.07, 6.45) is 7.26. The summed E-state index contributed by atoms with van der Waals surface area (Å²) in [5.74, 6) is -0.321. The maximum absolute atomic E-state index is 13.4. The van der Waals surface area contributed by atoms with Gasteiger partial charge in [0.15, 0.2) is 14.9 Å². The lowest BCUT2D eigenvalue weighted by molar-refractivity contribution is 0.242. The van der Waals surface area contributed by atoms with Crippen molar-refractivity contribution in [2.45, 2.75) is 43.7 Å². The molecule has 1 N–H and O–H groups in total. The van der Waals surface area contributed by atoms with Crippen molar-refractivity contribution in [1.82, 2.24) is 20.1 Å². The van der Waals surface area contributed by atoms with E-state index in [2.05, 4.69) is 15.4 Å². The van der Waals surface area contributed by atoms with E-state index in [1.54, 1.807) is 34.0 Å². The minimum absolute atomic E-state index is 0.0228. The summed E-state index contributed by atoms with van der Waals surface area (Å²) in [5.41, 5.74) is 3.02. The van der Waals surface area contributed by atoms with Crippen LogP contribution in [0.5, 0.6) is 0 Å². The number of urea groups is 1. The molecule has 4 rings (SSSR count). The van der Waals surface area contributed by atoms with Crippen LogP contribution in [-0.4, -0.2) is 42.0 Å². The lowest BCUT2D eigenvalue weighted by atomic mass is 10.1. The monoisotopic (exact) mass is 471 g/mol. The van der Waals surface area contributed by atoms with E-state index >= 15 is 0 Å². The fourth-order valence-electron chi connectivity index (χ4n) is 4.02. The molecule has 1 aromatic carbocycles. The van der Waals surface area contributed by atoms with Gasteiger partial charge in [0, 0.05) is 19.0 Å². The average molecular weight is 472 g/mol. The van der Waals surface area contributed by atoms with Crippen molar-refractivity contribution in [3.8, 4) is 5.69 Å². The summed E-state index contributed by atoms with van der Waals surface area (Å²) in [6, 6.07) is 8.66. The lowest BCUT2D eigenvalue weighted by Crippen LogP contribution is -2.42. The number of rotatable bonds is 5. The highest BCUT2D eigenvalue weighted by Gasteiger charge is 2.27. The third-order valence-electron chi connectivity index (χ3n) is 5.75. The van der Waals surface area contributed by atoms with Crippen molar-refractivity contribution < 1.29 is 17.6 Å². The molecule has 0 radical (unpaired) electrons. The Kier molecular flexibility index (Phi) is 6.46. The fraction of sp³-hybridized carbons (Fsp3) is 0.348. The summed E-state index contributed by atoms with van der Waals surface area (Å²) < 4.78 is 38.9. The molecular formula is C23H26FN5O3S. The molecule has 1 aliphatic rings. The highest BCUT2D eigenvalue weighted by molar-refractivity contribution is 7.90. The molecular weight excluding hydrogens is 445 g/mol. The predicted molar refractivity (Wildman–Crippen MR) is 123 cm³/mol. The highest BCUT2D eigenvalue weighted by atomic mass is 32.2. The Bertz CT molecular complexity index is 1260. The molecule has 2 amide bonds. The zero-order valence-corrected chi connectivity index (χ0v) is 19.3. The zero-order chi connectivity index (χ0) is 23.6. The molecule has 2 aromatic heterocycles. The number of pyridine rings is 1. The Morgan fingerprint density at radius 3 is 2.67 bits per heavy atom. The van der Waals surface area contributed by atoms with E-state index in [1.807, 2.05) is 6.92 Å². The first-order valence-electron chi connectivity index (χ1n) is 10.8. The Balaban J connectivity index is 1.61. The molecule has 0 saturated carbocycles. The van der Waals surface area contributed by atoms with Crippen LogP contribution in [0.4, 0.5) is 14.9 Å². The van der Waals surface area contributed by atoms with Crippen molar-refractivity contribution in [3.05, 3.63) is 65.9 Å². The standard InChI is InChI=1S/C23H26FN5O3S/c1-3-19(16-11-12-25-22(14-16)33(2,31)32)27-23(30)28-13-5-4-6-20-21(28)15-26-29(20)18-9-7-17(24)8-10-18/h7-12,14-15,19H,3-6,13H2,1-2H3,(H,27,30)/t19-/m0/s1. The van der Waals surface area contributed by atoms with Gasteiger partial charge in [-0.3, -0.25) is 4.90 Å². The van der Waals surface area contributed by atoms with Crippen molar-refractivity contribution in [2.75, 3.05) is 17.7 Å². The minimum Gasteiger partial charge on any atom is -0.331 e. The van der Waals surface area contributed by atoms with E-state index in [1.165, 1.54) is 24.4 Å². The summed E-state index contributed by atoms with van der Waals surface area (Å²) in [4.78, 5) is 18.9. The number of fused-ring (bicyclic) bond motifs is 1. The number of carbonyl (C=O) groups excluding carboxylic acids is 1. The fourth-order valence-corrected chi connectivity index (χ4v) is 4.62. The number of nitrogens with one attached hydrogen (secondary N) is 1. The molecule has 0 spiro atoms. The average Bonchev–Trinajstić information content (AvgIpc) is 3.09. The first-order valence-corrected chi connectivity index (χ1v) is 12.7. The van der Waals surface area contributed by atoms with Gasteiger partial charge in [0.2, 0.25) is 0 Å². The van der Waals surface area contributed by atoms with Gasteiger partial charge in [-0.25, -0.2) is 27.3 Å². The highest BCUT2D eigenvalue weighted by Crippen LogP contribution is 2.29. The molecule has 0 saturated heterocycles. The normalized spacial score (nSPS) is 14.9. The maximum atomic E-state index is 13.4. The zero-order valence-electron chi connectivity index (χ0n) is 18.5. The predicted octanol–water partition coefficient (Wildman–Crippen LogP) is 3.81. The summed E-state index contributed by atoms with van der Waals surface area (Å²) in [5, 5.41) is 7.48. The SMILES string of the molecule is CC[C@H](NC(=O)N1CCCCc2c1cnn2-c1ccc(F)cc1)c1ccnc(S(C)(=O)=O)c1. The van der Waals surface area contributed by atoms with Gasteiger partial charge in [0.25, 0.3) is 0 Å². The molecule has 0 bridgehead atoms. The number of halogens is 1. The van der Waals surface area contributed by atoms with Crippen molar-refractivity contribution in [2.24, 2.45) is 0 Å². The third-order valence-corrected chi connectivity index (χ3v) is 6.73. The van der Waals surface area contributed by atoms with E-state index in [9.17, 15) is 17.6 Å². The van der Waals surface area contributed by atoms with E-state index in [-0.39, 0.29) is 22.9 Å². The van der Waals surface area contributed by atoms with Crippen LogP contribution in [0.25, 0.3) is 5.69 Å². The molecule has 0 aliphatic carbocycles. The largest absolute Gasteiger partial charge is 0.331 e. The van der Waals surface area contributed by atoms with Crippen LogP contribution in [0.15, 0.2) is 53.8 Å². The second-order valence-corrected chi connectivity index (χ2v) is 10.0. The first kappa shape index (κ1) is 22.9. The Morgan fingerprint density at radius 2 is 1.97 bits per heavy atom. The molecule has 174 valence electrons. The maximum Gasteiger partial charge on any atom is 0.322 e. The number of aromatic nitrogens is 3. The van der Waals surface area contributed by atoms with Gasteiger partial charge < -0.3 is 5.32 Å². The van der Waals surface area contributed by atoms with Crippen LogP contribution in [-0.2, 0) is 16.3 Å². The number of anilines is 1. The molecule has 0 unspecified atom stereocenters. The topological polar surface area (TPSA) is 97.2 Å². The number of amides is 2. The molecule has 1 aliphatic heterocycles. The minimum atomic E-state index is -3.46. The van der Waals surface area contributed by atoms with Gasteiger partial charge in [-0.15, -0.1) is 0 Å². The Labute approximate surface area is 192 Å². The van der Waals surface area contributed by atoms with E-state index < -0.39 is 9.84 Å². The molecule has 1 atom stereocenters. The number of benzene rings is 1. The van der Waals surface area contributed by atoms with Gasteiger partial charge in [-0.1, -0.05) is 6.92 Å². The first-order chi connectivity index (χ1) is 15.8. The van der Waals surface area contributed by atoms with Gasteiger partial charge in [0.1, 0.15) is 5.82 Å². The van der Waals surface area contributed by atoms with Gasteiger partial charge in [-0.05, 0) is 67.6 Å². The van der Waals surface area contributed by atoms with Crippen LogP contribution >= 0.6 is 0 Å². The van der Waals surface area contributed by atoms with Crippen LogP contribution in [0.3, 0.4) is 0 Å². The second kappa shape index (κ2) is 9.30. The number of nitrogens with zero attached hydrogens (tertiary/aromatic N) is 4. The van der Waals surface area contributed by atoms with E-state index in [0.717, 1.165) is 42.6 Å². The lowest BCUT2D eigenvalue weighted by Gasteiger charge is -2.25. The van der Waals surface area contributed by atoms with Crippen LogP contribution in [0, 0.1) is 5.82 Å². The Morgan fingerprint density at radius 1 is 1.21 bits per heavy atom. The summed E-state index contributed by atoms with van der Waals surface area (Å²) >= 11 is 0. The van der Waals surface area contributed by atoms with Crippen molar-refractivity contribution in [3.63, 3.8) is 0 Å². The molecule has 10 heteroatoms. The summed E-state index contributed by atoms with van der Waals surface area (Å²) in [6.45, 7) is 2.46. The number of carbonyl (C=O) groups is 1. The van der Waals surface area contributed by atoms with Crippen LogP contribution in [0.2, 0.25) is 0 Å². The number of sulfone groups is 1. The van der Waals surface area contributed by atoms with Crippen molar-refractivity contribution in [1.29, 1.82) is 0 Å². The molecule has 0 fully saturated rings. The third kappa shape index (κ3) is 4.90. The second-order valence-electron chi connectivity index (χ2n) is 8.08. The van der Waals surface area contributed by atoms with Gasteiger partial charge in [-0.2, -0.15) is 5.10 Å². The Hall–Kier alpha value is -3.27. The quantitative estimate of drug-likeness (QED) is 0.610. The number of hydrogen-bond acceptors (Lipinski definition) is 5. The number of hydrogen-bond donors (Lipinski definition) is 1. The molecule has 33 heavy (non-hydrogen) atoms. The molecule has 3 heterocycles. The summed E-state index contributed by atoms with van der Waals surface area (Å²) in [7, 11) is -3.46. The van der Waals surface area contributed by atoms with Crippen LogP contribution in [0.1, 0.15) is 43.5 Å². The van der Waals surface area contributed by atoms with Gasteiger partial charge >= 0.3 is 6.03 Å². The van der Waals surface area contributed by atoms with E-state index in [4.69, 9.17) is 0 Å². The molecule has 8 nitrogen and oxygen atoms in total. The smallest absolute Gasteiger partial charge is 0.322 e. The van der Waals surface area contributed by atoms with Crippen molar-refractivity contribution >= 4 is 21.6 Å². The van der Waals surface area contributed by atoms with Gasteiger partial charge in [0.05, 0.1) is 29.3 Å². The van der Waals surface area contributed by atoms with E-state index in [0.29, 0.717) is 18.5 Å². The van der Waals surface area contributed by atoms with Crippen LogP contribution < -0.4 is 10.2 Å².